The van der Waals surface area contributed by atoms with Crippen LogP contribution in [0.3, 0.4) is 0 Å². The van der Waals surface area contributed by atoms with Crippen LogP contribution in [0.4, 0.5) is 5.69 Å². The Morgan fingerprint density at radius 1 is 0.962 bits per heavy atom. The molecule has 0 amide bonds. The first-order valence-electron chi connectivity index (χ1n) is 9.00. The molecule has 4 nitrogen and oxygen atoms in total. The van der Waals surface area contributed by atoms with Crippen molar-refractivity contribution in [2.24, 2.45) is 10.2 Å². The molecule has 5 heteroatoms. The summed E-state index contributed by atoms with van der Waals surface area (Å²) in [6.07, 6.45) is 4.39. The molecule has 1 saturated heterocycles. The minimum Gasteiger partial charge on any atom is -0.299 e. The standard InChI is InChI=1S/C21H21ClN4/c22-18-7-8-19-20(9-10-23-21(19)13-18)25-24-14-16-3-5-17(6-4-16)15-26-11-1-2-12-26/h3-10,13H,1-2,11-12,14-15H2. The molecule has 4 rings (SSSR count). The fourth-order valence-corrected chi connectivity index (χ4v) is 3.50. The molecule has 132 valence electrons. The highest BCUT2D eigenvalue weighted by Crippen LogP contribution is 2.27. The fourth-order valence-electron chi connectivity index (χ4n) is 3.34. The molecule has 0 radical (unpaired) electrons. The van der Waals surface area contributed by atoms with Crippen molar-refractivity contribution in [2.45, 2.75) is 25.9 Å². The zero-order valence-electron chi connectivity index (χ0n) is 14.6. The van der Waals surface area contributed by atoms with Gasteiger partial charge in [-0.3, -0.25) is 9.88 Å². The summed E-state index contributed by atoms with van der Waals surface area (Å²) < 4.78 is 0. The van der Waals surface area contributed by atoms with Gasteiger partial charge in [0, 0.05) is 23.2 Å². The van der Waals surface area contributed by atoms with Gasteiger partial charge in [0.25, 0.3) is 0 Å². The number of hydrogen-bond donors (Lipinski definition) is 0. The lowest BCUT2D eigenvalue weighted by Crippen LogP contribution is -2.18. The van der Waals surface area contributed by atoms with Crippen LogP contribution in [0.2, 0.25) is 5.02 Å². The van der Waals surface area contributed by atoms with E-state index in [1.54, 1.807) is 6.20 Å². The summed E-state index contributed by atoms with van der Waals surface area (Å²) in [7, 11) is 0. The molecular weight excluding hydrogens is 344 g/mol. The number of fused-ring (bicyclic) bond motifs is 1. The fraction of sp³-hybridized carbons (Fsp3) is 0.286. The van der Waals surface area contributed by atoms with Crippen LogP contribution in [0.1, 0.15) is 24.0 Å². The molecule has 2 aromatic carbocycles. The molecular formula is C21H21ClN4. The van der Waals surface area contributed by atoms with Crippen molar-refractivity contribution < 1.29 is 0 Å². The Morgan fingerprint density at radius 2 is 1.73 bits per heavy atom. The monoisotopic (exact) mass is 364 g/mol. The van der Waals surface area contributed by atoms with Gasteiger partial charge < -0.3 is 0 Å². The van der Waals surface area contributed by atoms with Crippen LogP contribution in [0.15, 0.2) is 65.0 Å². The lowest BCUT2D eigenvalue weighted by molar-refractivity contribution is 0.331. The first-order valence-corrected chi connectivity index (χ1v) is 9.38. The van der Waals surface area contributed by atoms with Gasteiger partial charge in [0.05, 0.1) is 17.7 Å². The van der Waals surface area contributed by atoms with Gasteiger partial charge in [-0.05, 0) is 61.3 Å². The van der Waals surface area contributed by atoms with Crippen LogP contribution >= 0.6 is 11.6 Å². The average Bonchev–Trinajstić information content (AvgIpc) is 3.16. The van der Waals surface area contributed by atoms with Crippen molar-refractivity contribution >= 4 is 28.2 Å². The summed E-state index contributed by atoms with van der Waals surface area (Å²) in [5.41, 5.74) is 4.18. The molecule has 0 atom stereocenters. The Hall–Kier alpha value is -2.30. The number of pyridine rings is 1. The predicted octanol–water partition coefficient (Wildman–Crippen LogP) is 5.77. The van der Waals surface area contributed by atoms with Crippen molar-refractivity contribution in [1.29, 1.82) is 0 Å². The molecule has 0 saturated carbocycles. The molecule has 1 aliphatic rings. The van der Waals surface area contributed by atoms with Crippen LogP contribution in [0.5, 0.6) is 0 Å². The van der Waals surface area contributed by atoms with E-state index in [0.717, 1.165) is 23.1 Å². The van der Waals surface area contributed by atoms with Crippen LogP contribution in [-0.4, -0.2) is 23.0 Å². The van der Waals surface area contributed by atoms with Gasteiger partial charge in [0.2, 0.25) is 0 Å². The molecule has 2 heterocycles. The summed E-state index contributed by atoms with van der Waals surface area (Å²) in [6.45, 7) is 4.07. The van der Waals surface area contributed by atoms with Crippen LogP contribution in [0.25, 0.3) is 10.9 Å². The summed E-state index contributed by atoms with van der Waals surface area (Å²) in [5, 5.41) is 10.4. The van der Waals surface area contributed by atoms with E-state index in [9.17, 15) is 0 Å². The molecule has 26 heavy (non-hydrogen) atoms. The highest BCUT2D eigenvalue weighted by molar-refractivity contribution is 6.31. The lowest BCUT2D eigenvalue weighted by Gasteiger charge is -2.14. The molecule has 0 bridgehead atoms. The van der Waals surface area contributed by atoms with Gasteiger partial charge >= 0.3 is 0 Å². The van der Waals surface area contributed by atoms with E-state index in [0.29, 0.717) is 11.6 Å². The minimum atomic E-state index is 0.571. The summed E-state index contributed by atoms with van der Waals surface area (Å²) in [5.74, 6) is 0. The number of likely N-dealkylation sites (tertiary alicyclic amines) is 1. The highest BCUT2D eigenvalue weighted by atomic mass is 35.5. The van der Waals surface area contributed by atoms with Gasteiger partial charge in [-0.15, -0.1) is 0 Å². The third kappa shape index (κ3) is 4.09. The van der Waals surface area contributed by atoms with Gasteiger partial charge in [-0.25, -0.2) is 0 Å². The largest absolute Gasteiger partial charge is 0.299 e. The number of halogens is 1. The van der Waals surface area contributed by atoms with Crippen molar-refractivity contribution in [3.63, 3.8) is 0 Å². The van der Waals surface area contributed by atoms with E-state index in [2.05, 4.69) is 44.4 Å². The Labute approximate surface area is 158 Å². The molecule has 1 aromatic heterocycles. The molecule has 0 N–H and O–H groups in total. The normalized spacial score (nSPS) is 15.3. The van der Waals surface area contributed by atoms with Crippen molar-refractivity contribution in [3.05, 3.63) is 70.9 Å². The Kier molecular flexibility index (Phi) is 5.23. The van der Waals surface area contributed by atoms with E-state index in [1.807, 2.05) is 24.3 Å². The van der Waals surface area contributed by atoms with E-state index in [1.165, 1.54) is 37.1 Å². The second-order valence-electron chi connectivity index (χ2n) is 6.69. The smallest absolute Gasteiger partial charge is 0.0961 e. The first kappa shape index (κ1) is 17.1. The summed E-state index contributed by atoms with van der Waals surface area (Å²) in [6, 6.07) is 16.2. The van der Waals surface area contributed by atoms with Gasteiger partial charge in [-0.1, -0.05) is 35.9 Å². The van der Waals surface area contributed by atoms with Crippen molar-refractivity contribution in [2.75, 3.05) is 13.1 Å². The van der Waals surface area contributed by atoms with E-state index >= 15 is 0 Å². The molecule has 0 aliphatic carbocycles. The lowest BCUT2D eigenvalue weighted by atomic mass is 10.1. The Bertz CT molecular complexity index is 915. The SMILES string of the molecule is Clc1ccc2c(N=NCc3ccc(CN4CCCC4)cc3)ccnc2c1. The van der Waals surface area contributed by atoms with Crippen LogP contribution in [0, 0.1) is 0 Å². The van der Waals surface area contributed by atoms with Gasteiger partial charge in [-0.2, -0.15) is 10.2 Å². The molecule has 0 spiro atoms. The summed E-state index contributed by atoms with van der Waals surface area (Å²) in [4.78, 5) is 6.84. The Morgan fingerprint density at radius 3 is 2.54 bits per heavy atom. The number of rotatable bonds is 5. The van der Waals surface area contributed by atoms with E-state index in [-0.39, 0.29) is 0 Å². The second kappa shape index (κ2) is 7.94. The Balaban J connectivity index is 1.42. The maximum Gasteiger partial charge on any atom is 0.0961 e. The quantitative estimate of drug-likeness (QED) is 0.539. The third-order valence-corrected chi connectivity index (χ3v) is 4.98. The highest BCUT2D eigenvalue weighted by Gasteiger charge is 2.11. The number of aromatic nitrogens is 1. The first-order chi connectivity index (χ1) is 12.8. The number of azo groups is 1. The van der Waals surface area contributed by atoms with Gasteiger partial charge in [0.15, 0.2) is 0 Å². The molecule has 1 aliphatic heterocycles. The minimum absolute atomic E-state index is 0.571. The topological polar surface area (TPSA) is 40.9 Å². The average molecular weight is 365 g/mol. The number of nitrogens with zero attached hydrogens (tertiary/aromatic N) is 4. The maximum atomic E-state index is 6.02. The number of benzene rings is 2. The van der Waals surface area contributed by atoms with Crippen molar-refractivity contribution in [1.82, 2.24) is 9.88 Å². The van der Waals surface area contributed by atoms with Crippen molar-refractivity contribution in [3.8, 4) is 0 Å². The van der Waals surface area contributed by atoms with E-state index < -0.39 is 0 Å². The molecule has 3 aromatic rings. The predicted molar refractivity (Wildman–Crippen MR) is 106 cm³/mol. The number of hydrogen-bond acceptors (Lipinski definition) is 4. The van der Waals surface area contributed by atoms with Crippen LogP contribution in [-0.2, 0) is 13.1 Å². The molecule has 1 fully saturated rings. The second-order valence-corrected chi connectivity index (χ2v) is 7.13. The summed E-state index contributed by atoms with van der Waals surface area (Å²) >= 11 is 6.02. The third-order valence-electron chi connectivity index (χ3n) is 4.74. The van der Waals surface area contributed by atoms with E-state index in [4.69, 9.17) is 11.6 Å². The zero-order valence-corrected chi connectivity index (χ0v) is 15.4. The zero-order chi connectivity index (χ0) is 17.8. The van der Waals surface area contributed by atoms with Crippen LogP contribution < -0.4 is 0 Å². The molecule has 0 unspecified atom stereocenters. The van der Waals surface area contributed by atoms with Gasteiger partial charge in [0.1, 0.15) is 0 Å². The maximum absolute atomic E-state index is 6.02.